The van der Waals surface area contributed by atoms with E-state index in [0.717, 1.165) is 36.9 Å². The van der Waals surface area contributed by atoms with E-state index in [-0.39, 0.29) is 6.04 Å². The lowest BCUT2D eigenvalue weighted by atomic mass is 10.0. The molecule has 5 heteroatoms. The van der Waals surface area contributed by atoms with E-state index < -0.39 is 10.0 Å². The zero-order chi connectivity index (χ0) is 14.2. The van der Waals surface area contributed by atoms with Gasteiger partial charge in [0, 0.05) is 12.6 Å². The number of rotatable bonds is 4. The Morgan fingerprint density at radius 3 is 2.70 bits per heavy atom. The summed E-state index contributed by atoms with van der Waals surface area (Å²) in [7, 11) is -1.24. The largest absolute Gasteiger partial charge is 0.313 e. The highest BCUT2D eigenvalue weighted by Crippen LogP contribution is 2.37. The Morgan fingerprint density at radius 1 is 1.25 bits per heavy atom. The molecule has 0 saturated heterocycles. The van der Waals surface area contributed by atoms with E-state index in [1.54, 1.807) is 4.31 Å². The van der Waals surface area contributed by atoms with Gasteiger partial charge in [0.25, 0.3) is 0 Å². The first kappa shape index (κ1) is 13.9. The molecule has 20 heavy (non-hydrogen) atoms. The summed E-state index contributed by atoms with van der Waals surface area (Å²) < 4.78 is 27.0. The lowest BCUT2D eigenvalue weighted by molar-refractivity contribution is 0.542. The zero-order valence-electron chi connectivity index (χ0n) is 11.9. The molecule has 0 amide bonds. The van der Waals surface area contributed by atoms with Crippen LogP contribution < -0.4 is 9.62 Å². The second-order valence-electron chi connectivity index (χ2n) is 5.84. The Bertz CT molecular complexity index is 581. The summed E-state index contributed by atoms with van der Waals surface area (Å²) >= 11 is 0. The van der Waals surface area contributed by atoms with Gasteiger partial charge >= 0.3 is 0 Å². The Balaban J connectivity index is 1.98. The van der Waals surface area contributed by atoms with Crippen molar-refractivity contribution in [1.82, 2.24) is 5.32 Å². The Hall–Kier alpha value is -1.07. The quantitative estimate of drug-likeness (QED) is 0.927. The van der Waals surface area contributed by atoms with E-state index in [4.69, 9.17) is 0 Å². The summed E-state index contributed by atoms with van der Waals surface area (Å²) in [6.45, 7) is 0.601. The van der Waals surface area contributed by atoms with Crippen molar-refractivity contribution in [2.24, 2.45) is 5.92 Å². The average Bonchev–Trinajstić information content (AvgIpc) is 3.23. The molecule has 1 unspecified atom stereocenters. The van der Waals surface area contributed by atoms with Crippen LogP contribution in [0.15, 0.2) is 24.3 Å². The van der Waals surface area contributed by atoms with Crippen LogP contribution in [-0.2, 0) is 10.0 Å². The van der Waals surface area contributed by atoms with Crippen LogP contribution in [0.3, 0.4) is 0 Å². The Labute approximate surface area is 121 Å². The third-order valence-corrected chi connectivity index (χ3v) is 6.21. The molecule has 1 atom stereocenters. The average molecular weight is 294 g/mol. The van der Waals surface area contributed by atoms with Crippen molar-refractivity contribution in [2.75, 3.05) is 23.7 Å². The van der Waals surface area contributed by atoms with Crippen LogP contribution in [0.4, 0.5) is 5.69 Å². The van der Waals surface area contributed by atoms with Crippen LogP contribution in [0.5, 0.6) is 0 Å². The molecule has 1 aliphatic carbocycles. The summed E-state index contributed by atoms with van der Waals surface area (Å²) in [4.78, 5) is 0. The van der Waals surface area contributed by atoms with Gasteiger partial charge in [-0.15, -0.1) is 0 Å². The van der Waals surface area contributed by atoms with Gasteiger partial charge in [-0.05, 0) is 50.3 Å². The SMILES string of the molecule is CNC1CCCN(S(=O)(=O)CC2CC2)c2ccccc21. The lowest BCUT2D eigenvalue weighted by Crippen LogP contribution is -2.34. The van der Waals surface area contributed by atoms with Crippen molar-refractivity contribution in [1.29, 1.82) is 0 Å². The summed E-state index contributed by atoms with van der Waals surface area (Å²) in [6.07, 6.45) is 3.99. The molecule has 0 radical (unpaired) electrons. The molecule has 2 aliphatic rings. The third-order valence-electron chi connectivity index (χ3n) is 4.26. The van der Waals surface area contributed by atoms with Crippen LogP contribution in [0.2, 0.25) is 0 Å². The van der Waals surface area contributed by atoms with Gasteiger partial charge < -0.3 is 5.32 Å². The minimum atomic E-state index is -3.18. The van der Waals surface area contributed by atoms with E-state index in [1.807, 2.05) is 31.3 Å². The molecule has 0 spiro atoms. The zero-order valence-corrected chi connectivity index (χ0v) is 12.7. The molecule has 0 aromatic heterocycles. The summed E-state index contributed by atoms with van der Waals surface area (Å²) in [5, 5.41) is 3.30. The van der Waals surface area contributed by atoms with Gasteiger partial charge in [-0.3, -0.25) is 4.31 Å². The van der Waals surface area contributed by atoms with Crippen molar-refractivity contribution in [3.05, 3.63) is 29.8 Å². The molecular formula is C15H22N2O2S. The van der Waals surface area contributed by atoms with E-state index in [0.29, 0.717) is 18.2 Å². The lowest BCUT2D eigenvalue weighted by Gasteiger charge is -2.25. The van der Waals surface area contributed by atoms with Crippen LogP contribution in [-0.4, -0.2) is 27.8 Å². The van der Waals surface area contributed by atoms with E-state index in [2.05, 4.69) is 5.32 Å². The van der Waals surface area contributed by atoms with E-state index in [1.165, 1.54) is 0 Å². The molecule has 1 N–H and O–H groups in total. The number of fused-ring (bicyclic) bond motifs is 1. The van der Waals surface area contributed by atoms with Crippen molar-refractivity contribution in [3.63, 3.8) is 0 Å². The van der Waals surface area contributed by atoms with Crippen LogP contribution in [0, 0.1) is 5.92 Å². The monoisotopic (exact) mass is 294 g/mol. The smallest absolute Gasteiger partial charge is 0.235 e. The molecule has 0 bridgehead atoms. The number of benzene rings is 1. The fraction of sp³-hybridized carbons (Fsp3) is 0.600. The van der Waals surface area contributed by atoms with Crippen LogP contribution in [0.25, 0.3) is 0 Å². The topological polar surface area (TPSA) is 49.4 Å². The number of anilines is 1. The molecule has 110 valence electrons. The van der Waals surface area contributed by atoms with Crippen LogP contribution in [0.1, 0.15) is 37.3 Å². The highest BCUT2D eigenvalue weighted by atomic mass is 32.2. The van der Waals surface area contributed by atoms with E-state index >= 15 is 0 Å². The second-order valence-corrected chi connectivity index (χ2v) is 7.77. The minimum Gasteiger partial charge on any atom is -0.313 e. The van der Waals surface area contributed by atoms with Gasteiger partial charge in [0.1, 0.15) is 0 Å². The molecule has 3 rings (SSSR count). The number of nitrogens with zero attached hydrogens (tertiary/aromatic N) is 1. The summed E-state index contributed by atoms with van der Waals surface area (Å²) in [5.74, 6) is 0.696. The molecule has 1 aromatic carbocycles. The van der Waals surface area contributed by atoms with Crippen molar-refractivity contribution >= 4 is 15.7 Å². The van der Waals surface area contributed by atoms with Gasteiger partial charge in [-0.1, -0.05) is 18.2 Å². The maximum atomic E-state index is 12.7. The number of nitrogens with one attached hydrogen (secondary N) is 1. The first-order valence-electron chi connectivity index (χ1n) is 7.38. The maximum Gasteiger partial charge on any atom is 0.235 e. The van der Waals surface area contributed by atoms with Crippen LogP contribution >= 0.6 is 0 Å². The standard InChI is InChI=1S/C15H22N2O2S/c1-16-14-6-4-10-17(15-7-3-2-5-13(14)15)20(18,19)11-12-8-9-12/h2-3,5,7,12,14,16H,4,6,8-11H2,1H3. The highest BCUT2D eigenvalue weighted by molar-refractivity contribution is 7.92. The van der Waals surface area contributed by atoms with Gasteiger partial charge in [-0.2, -0.15) is 0 Å². The first-order valence-corrected chi connectivity index (χ1v) is 8.99. The summed E-state index contributed by atoms with van der Waals surface area (Å²) in [5.41, 5.74) is 1.97. The molecular weight excluding hydrogens is 272 g/mol. The van der Waals surface area contributed by atoms with Crippen molar-refractivity contribution in [2.45, 2.75) is 31.7 Å². The van der Waals surface area contributed by atoms with Crippen molar-refractivity contribution < 1.29 is 8.42 Å². The number of hydrogen-bond donors (Lipinski definition) is 1. The molecule has 1 aromatic rings. The molecule has 1 aliphatic heterocycles. The number of para-hydroxylation sites is 1. The molecule has 1 saturated carbocycles. The Kier molecular flexibility index (Phi) is 3.73. The first-order chi connectivity index (χ1) is 9.62. The predicted octanol–water partition coefficient (Wildman–Crippen LogP) is 2.29. The minimum absolute atomic E-state index is 0.243. The van der Waals surface area contributed by atoms with Gasteiger partial charge in [0.05, 0.1) is 11.4 Å². The molecule has 1 fully saturated rings. The second kappa shape index (κ2) is 5.37. The normalized spacial score (nSPS) is 23.2. The Morgan fingerprint density at radius 2 is 2.00 bits per heavy atom. The number of hydrogen-bond acceptors (Lipinski definition) is 3. The van der Waals surface area contributed by atoms with Gasteiger partial charge in [0.15, 0.2) is 0 Å². The fourth-order valence-electron chi connectivity index (χ4n) is 2.99. The highest BCUT2D eigenvalue weighted by Gasteiger charge is 2.34. The van der Waals surface area contributed by atoms with Gasteiger partial charge in [-0.25, -0.2) is 8.42 Å². The van der Waals surface area contributed by atoms with Gasteiger partial charge in [0.2, 0.25) is 10.0 Å². The fourth-order valence-corrected chi connectivity index (χ4v) is 4.97. The predicted molar refractivity (Wildman–Crippen MR) is 81.3 cm³/mol. The number of sulfonamides is 1. The van der Waals surface area contributed by atoms with Crippen molar-refractivity contribution in [3.8, 4) is 0 Å². The summed E-state index contributed by atoms with van der Waals surface area (Å²) in [6, 6.07) is 8.14. The molecule has 1 heterocycles. The third kappa shape index (κ3) is 2.69. The maximum absolute atomic E-state index is 12.7. The molecule has 4 nitrogen and oxygen atoms in total. The van der Waals surface area contributed by atoms with E-state index in [9.17, 15) is 8.42 Å².